The molecule has 1 fully saturated rings. The summed E-state index contributed by atoms with van der Waals surface area (Å²) >= 11 is 0. The van der Waals surface area contributed by atoms with Crippen molar-refractivity contribution < 1.29 is 23.6 Å². The van der Waals surface area contributed by atoms with E-state index in [1.165, 1.54) is 10.7 Å². The summed E-state index contributed by atoms with van der Waals surface area (Å²) in [4.78, 5) is 25.0. The van der Waals surface area contributed by atoms with Gasteiger partial charge in [-0.05, 0) is 32.0 Å². The Morgan fingerprint density at radius 3 is 2.47 bits per heavy atom. The SMILES string of the molecule is Cc1ccc(-n2nc(C(=O)N3CCOCC3)c(C)c2Oc2ccc([N+](=O)[O-])cc2F)cc1. The van der Waals surface area contributed by atoms with E-state index in [1.54, 1.807) is 11.8 Å². The lowest BCUT2D eigenvalue weighted by atomic mass is 10.2. The molecule has 0 saturated carbocycles. The van der Waals surface area contributed by atoms with Gasteiger partial charge in [-0.25, -0.2) is 4.39 Å². The van der Waals surface area contributed by atoms with Gasteiger partial charge in [0, 0.05) is 24.7 Å². The maximum absolute atomic E-state index is 14.5. The number of morpholine rings is 1. The van der Waals surface area contributed by atoms with Crippen LogP contribution in [0.25, 0.3) is 5.69 Å². The van der Waals surface area contributed by atoms with Crippen LogP contribution < -0.4 is 4.74 Å². The average Bonchev–Trinajstić information content (AvgIpc) is 3.11. The van der Waals surface area contributed by atoms with Gasteiger partial charge in [0.2, 0.25) is 5.88 Å². The van der Waals surface area contributed by atoms with Crippen molar-refractivity contribution in [1.29, 1.82) is 0 Å². The second-order valence-corrected chi connectivity index (χ2v) is 7.40. The van der Waals surface area contributed by atoms with Gasteiger partial charge in [0.05, 0.1) is 29.9 Å². The summed E-state index contributed by atoms with van der Waals surface area (Å²) in [6.45, 7) is 5.40. The van der Waals surface area contributed by atoms with Crippen LogP contribution in [-0.2, 0) is 4.74 Å². The third kappa shape index (κ3) is 4.17. The van der Waals surface area contributed by atoms with Crippen molar-refractivity contribution in [3.8, 4) is 17.3 Å². The molecule has 9 nitrogen and oxygen atoms in total. The Hall–Kier alpha value is -3.79. The zero-order chi connectivity index (χ0) is 22.8. The molecule has 1 aromatic heterocycles. The summed E-state index contributed by atoms with van der Waals surface area (Å²) in [6.07, 6.45) is 0. The zero-order valence-corrected chi connectivity index (χ0v) is 17.6. The molecule has 0 N–H and O–H groups in total. The summed E-state index contributed by atoms with van der Waals surface area (Å²) in [5.74, 6) is -1.22. The van der Waals surface area contributed by atoms with E-state index in [2.05, 4.69) is 5.10 Å². The molecule has 0 atom stereocenters. The number of nitro benzene ring substituents is 1. The second kappa shape index (κ2) is 8.75. The van der Waals surface area contributed by atoms with Gasteiger partial charge in [-0.3, -0.25) is 14.9 Å². The van der Waals surface area contributed by atoms with E-state index in [9.17, 15) is 19.3 Å². The number of benzene rings is 2. The molecule has 4 rings (SSSR count). The number of amides is 1. The Balaban J connectivity index is 1.77. The molecule has 10 heteroatoms. The molecule has 0 unspecified atom stereocenters. The smallest absolute Gasteiger partial charge is 0.274 e. The van der Waals surface area contributed by atoms with Crippen LogP contribution in [-0.4, -0.2) is 51.8 Å². The molecule has 0 aliphatic carbocycles. The van der Waals surface area contributed by atoms with Crippen molar-refractivity contribution in [2.45, 2.75) is 13.8 Å². The topological polar surface area (TPSA) is 99.7 Å². The lowest BCUT2D eigenvalue weighted by Crippen LogP contribution is -2.41. The fourth-order valence-corrected chi connectivity index (χ4v) is 3.37. The van der Waals surface area contributed by atoms with E-state index in [4.69, 9.17) is 9.47 Å². The normalized spacial score (nSPS) is 13.8. The first-order valence-electron chi connectivity index (χ1n) is 10.0. The van der Waals surface area contributed by atoms with Crippen LogP contribution in [0.15, 0.2) is 42.5 Å². The predicted molar refractivity (Wildman–Crippen MR) is 113 cm³/mol. The Labute approximate surface area is 183 Å². The standard InChI is InChI=1S/C22H21FN4O5/c1-14-3-5-16(6-4-14)26-22(32-19-8-7-17(27(29)30)13-18(19)23)15(2)20(24-26)21(28)25-9-11-31-12-10-25/h3-8,13H,9-12H2,1-2H3. The second-order valence-electron chi connectivity index (χ2n) is 7.40. The molecule has 1 saturated heterocycles. The highest BCUT2D eigenvalue weighted by Crippen LogP contribution is 2.33. The van der Waals surface area contributed by atoms with Crippen LogP contribution >= 0.6 is 0 Å². The number of rotatable bonds is 5. The summed E-state index contributed by atoms with van der Waals surface area (Å²) in [5, 5.41) is 15.4. The highest BCUT2D eigenvalue weighted by Gasteiger charge is 2.28. The monoisotopic (exact) mass is 440 g/mol. The highest BCUT2D eigenvalue weighted by atomic mass is 19.1. The fraction of sp³-hybridized carbons (Fsp3) is 0.273. The van der Waals surface area contributed by atoms with Crippen LogP contribution in [0.4, 0.5) is 10.1 Å². The highest BCUT2D eigenvalue weighted by molar-refractivity contribution is 5.94. The first-order chi connectivity index (χ1) is 15.3. The van der Waals surface area contributed by atoms with E-state index in [1.807, 2.05) is 31.2 Å². The van der Waals surface area contributed by atoms with Gasteiger partial charge in [-0.15, -0.1) is 0 Å². The molecule has 0 spiro atoms. The van der Waals surface area contributed by atoms with Gasteiger partial charge in [-0.2, -0.15) is 9.78 Å². The van der Waals surface area contributed by atoms with E-state index < -0.39 is 10.7 Å². The first-order valence-corrected chi connectivity index (χ1v) is 10.0. The van der Waals surface area contributed by atoms with Crippen LogP contribution in [0.3, 0.4) is 0 Å². The molecular formula is C22H21FN4O5. The largest absolute Gasteiger partial charge is 0.436 e. The number of aryl methyl sites for hydroxylation is 1. The predicted octanol–water partition coefficient (Wildman–Crippen LogP) is 3.80. The van der Waals surface area contributed by atoms with Gasteiger partial charge in [0.25, 0.3) is 11.6 Å². The number of hydrogen-bond donors (Lipinski definition) is 0. The first kappa shape index (κ1) is 21.4. The van der Waals surface area contributed by atoms with Gasteiger partial charge in [-0.1, -0.05) is 17.7 Å². The Morgan fingerprint density at radius 2 is 1.84 bits per heavy atom. The molecule has 166 valence electrons. The Kier molecular flexibility index (Phi) is 5.87. The fourth-order valence-electron chi connectivity index (χ4n) is 3.37. The summed E-state index contributed by atoms with van der Waals surface area (Å²) in [5.41, 5.74) is 1.88. The molecule has 32 heavy (non-hydrogen) atoms. The molecule has 2 aromatic carbocycles. The number of ether oxygens (including phenoxy) is 2. The van der Waals surface area contributed by atoms with Gasteiger partial charge < -0.3 is 14.4 Å². The van der Waals surface area contributed by atoms with Gasteiger partial charge in [0.1, 0.15) is 0 Å². The van der Waals surface area contributed by atoms with Crippen molar-refractivity contribution in [1.82, 2.24) is 14.7 Å². The molecule has 1 aliphatic heterocycles. The summed E-state index contributed by atoms with van der Waals surface area (Å²) in [6, 6.07) is 10.5. The minimum Gasteiger partial charge on any atom is -0.436 e. The molecule has 1 amide bonds. The number of nitro groups is 1. The van der Waals surface area contributed by atoms with E-state index in [-0.39, 0.29) is 28.9 Å². The molecule has 2 heterocycles. The molecule has 0 radical (unpaired) electrons. The Morgan fingerprint density at radius 1 is 1.16 bits per heavy atom. The van der Waals surface area contributed by atoms with Gasteiger partial charge in [0.15, 0.2) is 17.3 Å². The van der Waals surface area contributed by atoms with Crippen molar-refractivity contribution in [2.75, 3.05) is 26.3 Å². The number of halogens is 1. The Bertz CT molecular complexity index is 1170. The lowest BCUT2D eigenvalue weighted by molar-refractivity contribution is -0.385. The van der Waals surface area contributed by atoms with Crippen molar-refractivity contribution in [3.05, 3.63) is 75.2 Å². The minimum absolute atomic E-state index is 0.151. The van der Waals surface area contributed by atoms with E-state index in [0.717, 1.165) is 17.7 Å². The van der Waals surface area contributed by atoms with Gasteiger partial charge >= 0.3 is 0 Å². The molecule has 0 bridgehead atoms. The number of carbonyl (C=O) groups excluding carboxylic acids is 1. The van der Waals surface area contributed by atoms with E-state index >= 15 is 0 Å². The zero-order valence-electron chi connectivity index (χ0n) is 17.6. The number of aromatic nitrogens is 2. The maximum atomic E-state index is 14.5. The number of nitrogens with zero attached hydrogens (tertiary/aromatic N) is 4. The minimum atomic E-state index is -0.892. The summed E-state index contributed by atoms with van der Waals surface area (Å²) in [7, 11) is 0. The number of hydrogen-bond acceptors (Lipinski definition) is 6. The average molecular weight is 440 g/mol. The third-order valence-corrected chi connectivity index (χ3v) is 5.18. The third-order valence-electron chi connectivity index (χ3n) is 5.18. The van der Waals surface area contributed by atoms with Crippen LogP contribution in [0.5, 0.6) is 11.6 Å². The van der Waals surface area contributed by atoms with E-state index in [0.29, 0.717) is 37.6 Å². The lowest BCUT2D eigenvalue weighted by Gasteiger charge is -2.26. The van der Waals surface area contributed by atoms with Crippen molar-refractivity contribution in [3.63, 3.8) is 0 Å². The number of carbonyl (C=O) groups is 1. The molecular weight excluding hydrogens is 419 g/mol. The molecule has 1 aliphatic rings. The van der Waals surface area contributed by atoms with Crippen molar-refractivity contribution in [2.24, 2.45) is 0 Å². The maximum Gasteiger partial charge on any atom is 0.274 e. The number of non-ortho nitro benzene ring substituents is 1. The summed E-state index contributed by atoms with van der Waals surface area (Å²) < 4.78 is 27.1. The van der Waals surface area contributed by atoms with Crippen molar-refractivity contribution >= 4 is 11.6 Å². The quantitative estimate of drug-likeness (QED) is 0.442. The van der Waals surface area contributed by atoms with Crippen LogP contribution in [0.2, 0.25) is 0 Å². The van der Waals surface area contributed by atoms with Crippen LogP contribution in [0.1, 0.15) is 21.6 Å². The van der Waals surface area contributed by atoms with Crippen LogP contribution in [0, 0.1) is 29.8 Å². The molecule has 3 aromatic rings.